The van der Waals surface area contributed by atoms with Crippen molar-refractivity contribution in [1.29, 1.82) is 0 Å². The third-order valence-electron chi connectivity index (χ3n) is 3.66. The topological polar surface area (TPSA) is 66.2 Å². The van der Waals surface area contributed by atoms with Crippen LogP contribution in [0.5, 0.6) is 0 Å². The Morgan fingerprint density at radius 1 is 1.33 bits per heavy atom. The van der Waals surface area contributed by atoms with Gasteiger partial charge in [-0.3, -0.25) is 4.79 Å². The quantitative estimate of drug-likeness (QED) is 0.378. The van der Waals surface area contributed by atoms with Crippen LogP contribution < -0.4 is 0 Å². The molecule has 6 heteroatoms. The number of unbranched alkanes of at least 4 members (excludes halogenated alkanes) is 1. The number of nitrogens with zero attached hydrogens (tertiary/aromatic N) is 3. The number of ether oxygens (including phenoxy) is 2. The molecule has 0 fully saturated rings. The number of aromatic nitrogens is 3. The van der Waals surface area contributed by atoms with E-state index in [0.29, 0.717) is 26.1 Å². The lowest BCUT2D eigenvalue weighted by Gasteiger charge is -2.13. The van der Waals surface area contributed by atoms with Crippen molar-refractivity contribution in [2.75, 3.05) is 13.2 Å². The van der Waals surface area contributed by atoms with Crippen LogP contribution in [0.3, 0.4) is 0 Å². The van der Waals surface area contributed by atoms with Gasteiger partial charge in [0.05, 0.1) is 31.0 Å². The van der Waals surface area contributed by atoms with Gasteiger partial charge in [-0.15, -0.1) is 5.10 Å². The van der Waals surface area contributed by atoms with E-state index in [9.17, 15) is 4.79 Å². The summed E-state index contributed by atoms with van der Waals surface area (Å²) in [5.41, 5.74) is 1.76. The summed E-state index contributed by atoms with van der Waals surface area (Å²) in [6.07, 6.45) is 6.39. The van der Waals surface area contributed by atoms with Gasteiger partial charge in [0.2, 0.25) is 0 Å². The van der Waals surface area contributed by atoms with Crippen molar-refractivity contribution in [2.45, 2.75) is 45.6 Å². The second kappa shape index (κ2) is 9.70. The second-order valence-electron chi connectivity index (χ2n) is 5.49. The predicted octanol–water partition coefficient (Wildman–Crippen LogP) is 3.65. The molecular weight excluding hydrogens is 306 g/mol. The van der Waals surface area contributed by atoms with Gasteiger partial charge in [0.25, 0.3) is 0 Å². The molecule has 1 heterocycles. The Morgan fingerprint density at radius 3 is 2.96 bits per heavy atom. The first-order valence-electron chi connectivity index (χ1n) is 8.50. The Kier molecular flexibility index (Phi) is 7.26. The molecule has 2 rings (SSSR count). The van der Waals surface area contributed by atoms with Crippen molar-refractivity contribution in [3.63, 3.8) is 0 Å². The van der Waals surface area contributed by atoms with E-state index in [4.69, 9.17) is 9.47 Å². The molecule has 0 bridgehead atoms. The highest BCUT2D eigenvalue weighted by atomic mass is 16.5. The molecule has 0 aliphatic rings. The summed E-state index contributed by atoms with van der Waals surface area (Å²) in [6, 6.07) is 7.65. The molecule has 0 radical (unpaired) electrons. The number of para-hydroxylation sites is 1. The molecule has 0 spiro atoms. The number of benzene rings is 1. The summed E-state index contributed by atoms with van der Waals surface area (Å²) >= 11 is 0. The van der Waals surface area contributed by atoms with Crippen LogP contribution >= 0.6 is 0 Å². The molecule has 130 valence electrons. The van der Waals surface area contributed by atoms with E-state index in [0.717, 1.165) is 23.9 Å². The number of fused-ring (bicyclic) bond motifs is 1. The van der Waals surface area contributed by atoms with Crippen LogP contribution in [0, 0.1) is 0 Å². The first kappa shape index (κ1) is 18.0. The van der Waals surface area contributed by atoms with Crippen LogP contribution in [0.15, 0.2) is 36.6 Å². The van der Waals surface area contributed by atoms with E-state index in [1.54, 1.807) is 6.26 Å². The molecule has 1 aromatic heterocycles. The first-order valence-corrected chi connectivity index (χ1v) is 8.50. The van der Waals surface area contributed by atoms with E-state index >= 15 is 0 Å². The van der Waals surface area contributed by atoms with Crippen LogP contribution in [0.2, 0.25) is 0 Å². The molecular formula is C18H25N3O3. The van der Waals surface area contributed by atoms with Gasteiger partial charge in [0.1, 0.15) is 5.52 Å². The zero-order valence-electron chi connectivity index (χ0n) is 14.4. The van der Waals surface area contributed by atoms with Crippen molar-refractivity contribution in [3.05, 3.63) is 36.6 Å². The number of rotatable bonds is 10. The lowest BCUT2D eigenvalue weighted by Crippen LogP contribution is -2.13. The molecule has 1 aromatic carbocycles. The minimum absolute atomic E-state index is 0.109. The zero-order chi connectivity index (χ0) is 17.2. The third kappa shape index (κ3) is 5.08. The molecule has 0 amide bonds. The minimum atomic E-state index is -0.178. The summed E-state index contributed by atoms with van der Waals surface area (Å²) in [5.74, 6) is -0.178. The molecule has 1 atom stereocenters. The van der Waals surface area contributed by atoms with Gasteiger partial charge in [-0.1, -0.05) is 30.7 Å². The van der Waals surface area contributed by atoms with E-state index in [-0.39, 0.29) is 12.0 Å². The smallest absolute Gasteiger partial charge is 0.305 e. The Labute approximate surface area is 142 Å². The molecule has 6 nitrogen and oxygen atoms in total. The van der Waals surface area contributed by atoms with Gasteiger partial charge in [-0.2, -0.15) is 0 Å². The lowest BCUT2D eigenvalue weighted by molar-refractivity contribution is -0.144. The normalized spacial score (nSPS) is 12.6. The molecule has 1 unspecified atom stereocenters. The number of allylic oxidation sites excluding steroid dienone is 1. The molecule has 0 saturated carbocycles. The number of esters is 1. The van der Waals surface area contributed by atoms with Gasteiger partial charge < -0.3 is 9.47 Å². The van der Waals surface area contributed by atoms with Gasteiger partial charge in [0, 0.05) is 6.42 Å². The molecule has 24 heavy (non-hydrogen) atoms. The standard InChI is InChI=1S/C18H25N3O3/c1-3-5-13-24-18(22)11-10-15(12-14-23-4-2)21-17-9-7-6-8-16(17)19-20-21/h6-9,12,14-15H,3-5,10-11,13H2,1-2H3/b14-12+. The predicted molar refractivity (Wildman–Crippen MR) is 92.4 cm³/mol. The van der Waals surface area contributed by atoms with Crippen LogP contribution in [-0.2, 0) is 14.3 Å². The lowest BCUT2D eigenvalue weighted by atomic mass is 10.1. The van der Waals surface area contributed by atoms with Gasteiger partial charge in [0.15, 0.2) is 0 Å². The van der Waals surface area contributed by atoms with Crippen LogP contribution in [-0.4, -0.2) is 34.2 Å². The highest BCUT2D eigenvalue weighted by molar-refractivity contribution is 5.74. The second-order valence-corrected chi connectivity index (χ2v) is 5.49. The van der Waals surface area contributed by atoms with Crippen molar-refractivity contribution in [3.8, 4) is 0 Å². The molecule has 0 aliphatic carbocycles. The Morgan fingerprint density at radius 2 is 2.17 bits per heavy atom. The maximum atomic E-state index is 11.9. The first-order chi connectivity index (χ1) is 11.8. The molecule has 0 N–H and O–H groups in total. The molecule has 2 aromatic rings. The number of hydrogen-bond acceptors (Lipinski definition) is 5. The monoisotopic (exact) mass is 331 g/mol. The van der Waals surface area contributed by atoms with Gasteiger partial charge in [-0.25, -0.2) is 4.68 Å². The molecule has 0 aliphatic heterocycles. The average Bonchev–Trinajstić information content (AvgIpc) is 3.02. The summed E-state index contributed by atoms with van der Waals surface area (Å²) in [6.45, 7) is 5.08. The SMILES string of the molecule is CCCCOC(=O)CCC(/C=C/OCC)n1nnc2ccccc21. The molecule has 0 saturated heterocycles. The number of carbonyl (C=O) groups is 1. The highest BCUT2D eigenvalue weighted by Crippen LogP contribution is 2.21. The largest absolute Gasteiger partial charge is 0.502 e. The third-order valence-corrected chi connectivity index (χ3v) is 3.66. The van der Waals surface area contributed by atoms with Crippen molar-refractivity contribution in [1.82, 2.24) is 15.0 Å². The fourth-order valence-corrected chi connectivity index (χ4v) is 2.34. The summed E-state index contributed by atoms with van der Waals surface area (Å²) < 4.78 is 12.3. The van der Waals surface area contributed by atoms with E-state index < -0.39 is 0 Å². The van der Waals surface area contributed by atoms with Crippen molar-refractivity contribution in [2.24, 2.45) is 0 Å². The number of hydrogen-bond donors (Lipinski definition) is 0. The maximum Gasteiger partial charge on any atom is 0.305 e. The fourth-order valence-electron chi connectivity index (χ4n) is 2.34. The maximum absolute atomic E-state index is 11.9. The Bertz CT molecular complexity index is 666. The van der Waals surface area contributed by atoms with Crippen molar-refractivity contribution >= 4 is 17.0 Å². The van der Waals surface area contributed by atoms with Crippen LogP contribution in [0.1, 0.15) is 45.6 Å². The van der Waals surface area contributed by atoms with E-state index in [1.165, 1.54) is 0 Å². The average molecular weight is 331 g/mol. The zero-order valence-corrected chi connectivity index (χ0v) is 14.4. The van der Waals surface area contributed by atoms with Crippen molar-refractivity contribution < 1.29 is 14.3 Å². The van der Waals surface area contributed by atoms with E-state index in [2.05, 4.69) is 17.2 Å². The Balaban J connectivity index is 2.06. The Hall–Kier alpha value is -2.37. The summed E-state index contributed by atoms with van der Waals surface area (Å²) in [7, 11) is 0. The van der Waals surface area contributed by atoms with E-state index in [1.807, 2.05) is 41.9 Å². The van der Waals surface area contributed by atoms with Crippen LogP contribution in [0.25, 0.3) is 11.0 Å². The summed E-state index contributed by atoms with van der Waals surface area (Å²) in [4.78, 5) is 11.9. The number of carbonyl (C=O) groups excluding carboxylic acids is 1. The highest BCUT2D eigenvalue weighted by Gasteiger charge is 2.15. The minimum Gasteiger partial charge on any atom is -0.502 e. The summed E-state index contributed by atoms with van der Waals surface area (Å²) in [5, 5.41) is 8.41. The fraction of sp³-hybridized carbons (Fsp3) is 0.500. The van der Waals surface area contributed by atoms with Gasteiger partial charge >= 0.3 is 5.97 Å². The van der Waals surface area contributed by atoms with Gasteiger partial charge in [-0.05, 0) is 38.0 Å². The van der Waals surface area contributed by atoms with Crippen LogP contribution in [0.4, 0.5) is 0 Å².